The molecule has 1 heterocycles. The van der Waals surface area contributed by atoms with E-state index in [1.54, 1.807) is 24.3 Å². The zero-order chi connectivity index (χ0) is 22.0. The first kappa shape index (κ1) is 21.0. The van der Waals surface area contributed by atoms with E-state index in [4.69, 9.17) is 16.6 Å². The van der Waals surface area contributed by atoms with Crippen molar-refractivity contribution in [1.82, 2.24) is 5.32 Å². The Labute approximate surface area is 192 Å². The van der Waals surface area contributed by atoms with E-state index in [0.717, 1.165) is 15.4 Å². The number of hydrogen-bond acceptors (Lipinski definition) is 4. The molecule has 2 N–H and O–H groups in total. The second kappa shape index (κ2) is 8.83. The highest BCUT2D eigenvalue weighted by atomic mass is 79.9. The van der Waals surface area contributed by atoms with Gasteiger partial charge in [0.25, 0.3) is 5.91 Å². The van der Waals surface area contributed by atoms with Gasteiger partial charge in [0.2, 0.25) is 0 Å². The molecule has 0 aliphatic heterocycles. The third kappa shape index (κ3) is 4.73. The molecular formula is C24H17BrN2O3S. The fraction of sp³-hybridized carbons (Fsp3) is 0.0417. The maximum Gasteiger partial charge on any atom is 0.344 e. The molecule has 0 unspecified atom stereocenters. The summed E-state index contributed by atoms with van der Waals surface area (Å²) in [6, 6.07) is 21.7. The average Bonchev–Trinajstić information content (AvgIpc) is 2.75. The summed E-state index contributed by atoms with van der Waals surface area (Å²) in [6.07, 6.45) is 0. The SMILES string of the molecule is Cc1ccc(-c2cc3ccccc3oc2=O)cc1NC(=S)NC(=O)c1cccc(Br)c1. The molecule has 1 aromatic heterocycles. The minimum Gasteiger partial charge on any atom is -0.422 e. The van der Waals surface area contributed by atoms with Crippen LogP contribution in [0.3, 0.4) is 0 Å². The van der Waals surface area contributed by atoms with Crippen LogP contribution in [0.2, 0.25) is 0 Å². The lowest BCUT2D eigenvalue weighted by molar-refractivity contribution is 0.0977. The monoisotopic (exact) mass is 492 g/mol. The van der Waals surface area contributed by atoms with E-state index in [1.807, 2.05) is 55.5 Å². The molecule has 0 fully saturated rings. The van der Waals surface area contributed by atoms with Crippen molar-refractivity contribution >= 4 is 55.8 Å². The Kier molecular flexibility index (Phi) is 5.97. The molecule has 0 aliphatic rings. The summed E-state index contributed by atoms with van der Waals surface area (Å²) in [5.74, 6) is -0.317. The van der Waals surface area contributed by atoms with Crippen LogP contribution in [-0.4, -0.2) is 11.0 Å². The number of fused-ring (bicyclic) bond motifs is 1. The number of carbonyl (C=O) groups is 1. The van der Waals surface area contributed by atoms with E-state index >= 15 is 0 Å². The normalized spacial score (nSPS) is 10.6. The molecule has 0 atom stereocenters. The second-order valence-electron chi connectivity index (χ2n) is 6.93. The topological polar surface area (TPSA) is 71.3 Å². The molecule has 154 valence electrons. The molecule has 0 saturated carbocycles. The Morgan fingerprint density at radius 1 is 1.00 bits per heavy atom. The Balaban J connectivity index is 1.58. The van der Waals surface area contributed by atoms with Crippen molar-refractivity contribution in [2.45, 2.75) is 6.92 Å². The van der Waals surface area contributed by atoms with Crippen LogP contribution in [0.4, 0.5) is 5.69 Å². The number of nitrogens with one attached hydrogen (secondary N) is 2. The molecule has 1 amide bonds. The molecule has 0 spiro atoms. The number of hydrogen-bond donors (Lipinski definition) is 2. The number of para-hydroxylation sites is 1. The van der Waals surface area contributed by atoms with Crippen molar-refractivity contribution in [3.05, 3.63) is 98.8 Å². The fourth-order valence-corrected chi connectivity index (χ4v) is 3.75. The van der Waals surface area contributed by atoms with Crippen molar-refractivity contribution < 1.29 is 9.21 Å². The first-order chi connectivity index (χ1) is 14.9. The lowest BCUT2D eigenvalue weighted by Gasteiger charge is -2.13. The molecule has 31 heavy (non-hydrogen) atoms. The van der Waals surface area contributed by atoms with Crippen molar-refractivity contribution in [3.63, 3.8) is 0 Å². The standard InChI is InChI=1S/C24H17BrN2O3S/c1-14-9-10-15(19-12-16-5-2-3-8-21(16)30-23(19)29)13-20(14)26-24(31)27-22(28)17-6-4-7-18(25)11-17/h2-13H,1H3,(H2,26,27,28,31). The predicted octanol–water partition coefficient (Wildman–Crippen LogP) is 5.66. The number of halogens is 1. The second-order valence-corrected chi connectivity index (χ2v) is 8.26. The van der Waals surface area contributed by atoms with Crippen LogP contribution in [-0.2, 0) is 0 Å². The van der Waals surface area contributed by atoms with Crippen molar-refractivity contribution in [3.8, 4) is 11.1 Å². The Morgan fingerprint density at radius 2 is 1.81 bits per heavy atom. The smallest absolute Gasteiger partial charge is 0.344 e. The number of aryl methyl sites for hydroxylation is 1. The van der Waals surface area contributed by atoms with Crippen LogP contribution < -0.4 is 16.3 Å². The molecule has 4 rings (SSSR count). The van der Waals surface area contributed by atoms with Gasteiger partial charge in [-0.05, 0) is 66.7 Å². The molecule has 0 saturated heterocycles. The van der Waals surface area contributed by atoms with Gasteiger partial charge in [-0.15, -0.1) is 0 Å². The molecule has 4 aromatic rings. The molecule has 0 bridgehead atoms. The average molecular weight is 493 g/mol. The maximum absolute atomic E-state index is 12.5. The van der Waals surface area contributed by atoms with Crippen molar-refractivity contribution in [2.75, 3.05) is 5.32 Å². The zero-order valence-corrected chi connectivity index (χ0v) is 18.8. The molecule has 0 aliphatic carbocycles. The van der Waals surface area contributed by atoms with Gasteiger partial charge in [0, 0.05) is 21.1 Å². The third-order valence-electron chi connectivity index (χ3n) is 4.75. The summed E-state index contributed by atoms with van der Waals surface area (Å²) >= 11 is 8.67. The molecular weight excluding hydrogens is 476 g/mol. The number of thiocarbonyl (C=S) groups is 1. The highest BCUT2D eigenvalue weighted by Gasteiger charge is 2.12. The predicted molar refractivity (Wildman–Crippen MR) is 130 cm³/mol. The van der Waals surface area contributed by atoms with E-state index in [1.165, 1.54) is 0 Å². The van der Waals surface area contributed by atoms with Gasteiger partial charge < -0.3 is 9.73 Å². The van der Waals surface area contributed by atoms with Crippen LogP contribution in [0.25, 0.3) is 22.1 Å². The molecule has 0 radical (unpaired) electrons. The van der Waals surface area contributed by atoms with E-state index in [0.29, 0.717) is 28.0 Å². The molecule has 5 nitrogen and oxygen atoms in total. The van der Waals surface area contributed by atoms with Gasteiger partial charge in [0.15, 0.2) is 5.11 Å². The number of rotatable bonds is 3. The van der Waals surface area contributed by atoms with Crippen LogP contribution in [0.15, 0.2) is 86.5 Å². The van der Waals surface area contributed by atoms with Crippen LogP contribution in [0, 0.1) is 6.92 Å². The van der Waals surface area contributed by atoms with Gasteiger partial charge in [-0.3, -0.25) is 10.1 Å². The van der Waals surface area contributed by atoms with Gasteiger partial charge in [0.05, 0.1) is 5.56 Å². The van der Waals surface area contributed by atoms with Crippen LogP contribution in [0.5, 0.6) is 0 Å². The van der Waals surface area contributed by atoms with Gasteiger partial charge in [0.1, 0.15) is 5.58 Å². The summed E-state index contributed by atoms with van der Waals surface area (Å²) in [5.41, 5.74) is 3.34. The van der Waals surface area contributed by atoms with Crippen LogP contribution in [0.1, 0.15) is 15.9 Å². The fourth-order valence-electron chi connectivity index (χ4n) is 3.15. The van der Waals surface area contributed by atoms with Gasteiger partial charge in [-0.1, -0.05) is 52.3 Å². The first-order valence-corrected chi connectivity index (χ1v) is 10.6. The summed E-state index contributed by atoms with van der Waals surface area (Å²) in [5, 5.41) is 6.72. The summed E-state index contributed by atoms with van der Waals surface area (Å²) < 4.78 is 6.25. The van der Waals surface area contributed by atoms with E-state index in [-0.39, 0.29) is 11.0 Å². The van der Waals surface area contributed by atoms with E-state index in [2.05, 4.69) is 26.6 Å². The lowest BCUT2D eigenvalue weighted by Crippen LogP contribution is -2.34. The number of amides is 1. The summed E-state index contributed by atoms with van der Waals surface area (Å²) in [6.45, 7) is 1.91. The van der Waals surface area contributed by atoms with Gasteiger partial charge in [-0.2, -0.15) is 0 Å². The first-order valence-electron chi connectivity index (χ1n) is 9.42. The highest BCUT2D eigenvalue weighted by molar-refractivity contribution is 9.10. The minimum absolute atomic E-state index is 0.163. The van der Waals surface area contributed by atoms with Crippen molar-refractivity contribution in [2.24, 2.45) is 0 Å². The third-order valence-corrected chi connectivity index (χ3v) is 5.45. The number of carbonyl (C=O) groups excluding carboxylic acids is 1. The summed E-state index contributed by atoms with van der Waals surface area (Å²) in [7, 11) is 0. The maximum atomic E-state index is 12.5. The lowest BCUT2D eigenvalue weighted by atomic mass is 10.0. The Bertz CT molecular complexity index is 1380. The van der Waals surface area contributed by atoms with Gasteiger partial charge >= 0.3 is 5.63 Å². The van der Waals surface area contributed by atoms with Gasteiger partial charge in [-0.25, -0.2) is 4.79 Å². The zero-order valence-electron chi connectivity index (χ0n) is 16.4. The number of anilines is 1. The molecule has 7 heteroatoms. The minimum atomic E-state index is -0.418. The largest absolute Gasteiger partial charge is 0.422 e. The summed E-state index contributed by atoms with van der Waals surface area (Å²) in [4.78, 5) is 24.9. The van der Waals surface area contributed by atoms with Crippen molar-refractivity contribution in [1.29, 1.82) is 0 Å². The Hall–Kier alpha value is -3.29. The molecule has 3 aromatic carbocycles. The Morgan fingerprint density at radius 3 is 2.61 bits per heavy atom. The van der Waals surface area contributed by atoms with E-state index in [9.17, 15) is 9.59 Å². The van der Waals surface area contributed by atoms with E-state index < -0.39 is 5.63 Å². The number of benzene rings is 3. The quantitative estimate of drug-likeness (QED) is 0.285. The highest BCUT2D eigenvalue weighted by Crippen LogP contribution is 2.26. The van der Waals surface area contributed by atoms with Crippen LogP contribution >= 0.6 is 28.1 Å².